The number of aryl methyl sites for hydroxylation is 1. The Hall–Kier alpha value is -0.950. The van der Waals surface area contributed by atoms with Crippen molar-refractivity contribution < 1.29 is 9.90 Å². The molecule has 0 aliphatic carbocycles. The number of hydrogen-bond donors (Lipinski definition) is 1. The molecule has 1 rings (SSSR count). The maximum atomic E-state index is 11.2. The summed E-state index contributed by atoms with van der Waals surface area (Å²) >= 11 is 2.92. The van der Waals surface area contributed by atoms with E-state index in [9.17, 15) is 9.59 Å². The SMILES string of the molecule is CSCCCCCn1ccc(=O)nc1SCC(=O)O. The first kappa shape index (κ1) is 16.1. The highest BCUT2D eigenvalue weighted by Crippen LogP contribution is 2.14. The lowest BCUT2D eigenvalue weighted by molar-refractivity contribution is -0.133. The van der Waals surface area contributed by atoms with Crippen molar-refractivity contribution in [2.24, 2.45) is 0 Å². The number of carboxylic acids is 1. The summed E-state index contributed by atoms with van der Waals surface area (Å²) in [5.74, 6) is 0.168. The molecular weight excluding hydrogens is 284 g/mol. The Morgan fingerprint density at radius 2 is 2.21 bits per heavy atom. The second-order valence-electron chi connectivity index (χ2n) is 3.98. The van der Waals surface area contributed by atoms with Crippen LogP contribution in [0.3, 0.4) is 0 Å². The summed E-state index contributed by atoms with van der Waals surface area (Å²) in [6, 6.07) is 1.41. The standard InChI is InChI=1S/C12H18N2O3S2/c1-18-8-4-2-3-6-14-7-5-10(15)13-12(14)19-9-11(16)17/h5,7H,2-4,6,8-9H2,1H3,(H,16,17). The number of aromatic nitrogens is 2. The van der Waals surface area contributed by atoms with E-state index in [-0.39, 0.29) is 11.3 Å². The molecule has 0 amide bonds. The minimum absolute atomic E-state index is 0.0804. The second-order valence-corrected chi connectivity index (χ2v) is 5.91. The Balaban J connectivity index is 2.55. The predicted octanol–water partition coefficient (Wildman–Crippen LogP) is 1.95. The zero-order valence-electron chi connectivity index (χ0n) is 10.9. The normalized spacial score (nSPS) is 10.6. The van der Waals surface area contributed by atoms with Crippen LogP contribution in [0.2, 0.25) is 0 Å². The molecule has 106 valence electrons. The Morgan fingerprint density at radius 3 is 2.89 bits per heavy atom. The lowest BCUT2D eigenvalue weighted by atomic mass is 10.2. The molecule has 0 unspecified atom stereocenters. The van der Waals surface area contributed by atoms with Gasteiger partial charge in [-0.2, -0.15) is 16.7 Å². The maximum absolute atomic E-state index is 11.2. The summed E-state index contributed by atoms with van der Waals surface area (Å²) in [7, 11) is 0. The molecule has 0 radical (unpaired) electrons. The van der Waals surface area contributed by atoms with Gasteiger partial charge in [0, 0.05) is 18.8 Å². The van der Waals surface area contributed by atoms with Gasteiger partial charge in [0.15, 0.2) is 5.16 Å². The molecular formula is C12H18N2O3S2. The van der Waals surface area contributed by atoms with Crippen LogP contribution in [-0.4, -0.2) is 38.4 Å². The van der Waals surface area contributed by atoms with Gasteiger partial charge in [0.25, 0.3) is 5.56 Å². The molecule has 0 fully saturated rings. The number of hydrogen-bond acceptors (Lipinski definition) is 5. The summed E-state index contributed by atoms with van der Waals surface area (Å²) in [5.41, 5.74) is -0.327. The van der Waals surface area contributed by atoms with Gasteiger partial charge in [0.05, 0.1) is 5.75 Å². The van der Waals surface area contributed by atoms with Gasteiger partial charge in [0.2, 0.25) is 0 Å². The minimum atomic E-state index is -0.908. The summed E-state index contributed by atoms with van der Waals surface area (Å²) in [6.45, 7) is 0.767. The molecule has 0 bridgehead atoms. The van der Waals surface area contributed by atoms with Crippen molar-refractivity contribution in [2.75, 3.05) is 17.8 Å². The molecule has 0 saturated heterocycles. The van der Waals surface area contributed by atoms with Gasteiger partial charge in [-0.1, -0.05) is 18.2 Å². The van der Waals surface area contributed by atoms with E-state index in [1.165, 1.54) is 12.5 Å². The highest BCUT2D eigenvalue weighted by molar-refractivity contribution is 7.99. The average molecular weight is 302 g/mol. The molecule has 5 nitrogen and oxygen atoms in total. The van der Waals surface area contributed by atoms with E-state index in [0.29, 0.717) is 5.16 Å². The van der Waals surface area contributed by atoms with Gasteiger partial charge in [-0.3, -0.25) is 9.59 Å². The van der Waals surface area contributed by atoms with E-state index in [4.69, 9.17) is 5.11 Å². The smallest absolute Gasteiger partial charge is 0.313 e. The first-order valence-electron chi connectivity index (χ1n) is 6.04. The molecule has 1 aromatic rings. The van der Waals surface area contributed by atoms with Crippen LogP contribution in [0.4, 0.5) is 0 Å². The summed E-state index contributed by atoms with van der Waals surface area (Å²) in [5, 5.41) is 9.16. The molecule has 0 spiro atoms. The first-order chi connectivity index (χ1) is 9.13. The minimum Gasteiger partial charge on any atom is -0.481 e. The quantitative estimate of drug-likeness (QED) is 0.427. The third-order valence-corrected chi connectivity index (χ3v) is 4.09. The number of unbranched alkanes of at least 4 members (excludes halogenated alkanes) is 2. The maximum Gasteiger partial charge on any atom is 0.313 e. The fourth-order valence-electron chi connectivity index (χ4n) is 1.53. The summed E-state index contributed by atoms with van der Waals surface area (Å²) in [6.07, 6.45) is 7.08. The number of carboxylic acid groups (broad SMARTS) is 1. The molecule has 1 aromatic heterocycles. The molecule has 1 N–H and O–H groups in total. The molecule has 0 aliphatic heterocycles. The van der Waals surface area contributed by atoms with Crippen molar-refractivity contribution in [1.82, 2.24) is 9.55 Å². The van der Waals surface area contributed by atoms with Crippen LogP contribution in [0, 0.1) is 0 Å². The van der Waals surface area contributed by atoms with E-state index >= 15 is 0 Å². The van der Waals surface area contributed by atoms with Crippen molar-refractivity contribution in [1.29, 1.82) is 0 Å². The van der Waals surface area contributed by atoms with E-state index in [1.807, 2.05) is 16.3 Å². The zero-order valence-corrected chi connectivity index (χ0v) is 12.5. The third-order valence-electron chi connectivity index (χ3n) is 2.42. The third kappa shape index (κ3) is 6.68. The van der Waals surface area contributed by atoms with Crippen LogP contribution >= 0.6 is 23.5 Å². The van der Waals surface area contributed by atoms with Crippen molar-refractivity contribution in [3.05, 3.63) is 22.6 Å². The Labute approximate surface area is 120 Å². The molecule has 0 atom stereocenters. The van der Waals surface area contributed by atoms with Gasteiger partial charge < -0.3 is 9.67 Å². The van der Waals surface area contributed by atoms with Gasteiger partial charge in [-0.05, 0) is 24.9 Å². The topological polar surface area (TPSA) is 72.2 Å². The van der Waals surface area contributed by atoms with Crippen LogP contribution in [0.25, 0.3) is 0 Å². The van der Waals surface area contributed by atoms with E-state index in [2.05, 4.69) is 11.2 Å². The first-order valence-corrected chi connectivity index (χ1v) is 8.42. The van der Waals surface area contributed by atoms with Crippen LogP contribution in [0.5, 0.6) is 0 Å². The number of aliphatic carboxylic acids is 1. The average Bonchev–Trinajstić information content (AvgIpc) is 2.38. The Bertz CT molecular complexity index is 463. The fraction of sp³-hybridized carbons (Fsp3) is 0.583. The number of thioether (sulfide) groups is 2. The van der Waals surface area contributed by atoms with Crippen LogP contribution in [0.1, 0.15) is 19.3 Å². The van der Waals surface area contributed by atoms with Gasteiger partial charge >= 0.3 is 5.97 Å². The van der Waals surface area contributed by atoms with E-state index in [1.54, 1.807) is 6.20 Å². The van der Waals surface area contributed by atoms with Crippen molar-refractivity contribution >= 4 is 29.5 Å². The molecule has 19 heavy (non-hydrogen) atoms. The molecule has 0 saturated carbocycles. The van der Waals surface area contributed by atoms with Crippen LogP contribution in [-0.2, 0) is 11.3 Å². The Morgan fingerprint density at radius 1 is 1.42 bits per heavy atom. The van der Waals surface area contributed by atoms with Crippen molar-refractivity contribution in [3.8, 4) is 0 Å². The Kier molecular flexibility index (Phi) is 7.66. The van der Waals surface area contributed by atoms with Gasteiger partial charge in [0.1, 0.15) is 0 Å². The number of nitrogens with zero attached hydrogens (tertiary/aromatic N) is 2. The molecule has 0 aromatic carbocycles. The zero-order chi connectivity index (χ0) is 14.1. The van der Waals surface area contributed by atoms with E-state index < -0.39 is 5.97 Å². The summed E-state index contributed by atoms with van der Waals surface area (Å²) in [4.78, 5) is 25.6. The monoisotopic (exact) mass is 302 g/mol. The fourth-order valence-corrected chi connectivity index (χ4v) is 2.75. The highest BCUT2D eigenvalue weighted by Gasteiger charge is 2.06. The predicted molar refractivity (Wildman–Crippen MR) is 79.1 cm³/mol. The van der Waals surface area contributed by atoms with Gasteiger partial charge in [-0.15, -0.1) is 0 Å². The molecule has 7 heteroatoms. The number of carbonyl (C=O) groups is 1. The van der Waals surface area contributed by atoms with Crippen molar-refractivity contribution in [2.45, 2.75) is 31.0 Å². The highest BCUT2D eigenvalue weighted by atomic mass is 32.2. The molecule has 1 heterocycles. The lowest BCUT2D eigenvalue weighted by Gasteiger charge is -2.10. The van der Waals surface area contributed by atoms with Crippen LogP contribution < -0.4 is 5.56 Å². The van der Waals surface area contributed by atoms with E-state index in [0.717, 1.165) is 36.9 Å². The van der Waals surface area contributed by atoms with Crippen LogP contribution in [0.15, 0.2) is 22.2 Å². The second kappa shape index (κ2) is 9.03. The molecule has 0 aliphatic rings. The van der Waals surface area contributed by atoms with Crippen molar-refractivity contribution in [3.63, 3.8) is 0 Å². The van der Waals surface area contributed by atoms with Gasteiger partial charge in [-0.25, -0.2) is 0 Å². The number of rotatable bonds is 9. The largest absolute Gasteiger partial charge is 0.481 e. The summed E-state index contributed by atoms with van der Waals surface area (Å²) < 4.78 is 1.86. The lowest BCUT2D eigenvalue weighted by Crippen LogP contribution is -2.14.